The number of nitrogens with zero attached hydrogens (tertiary/aromatic N) is 1. The largest absolute Gasteiger partial charge is 0.340 e. The predicted molar refractivity (Wildman–Crippen MR) is 149 cm³/mol. The first-order valence-corrected chi connectivity index (χ1v) is 13.8. The number of rotatable bonds is 7. The van der Waals surface area contributed by atoms with Gasteiger partial charge in [-0.15, -0.1) is 0 Å². The van der Waals surface area contributed by atoms with Crippen LogP contribution in [0.3, 0.4) is 0 Å². The van der Waals surface area contributed by atoms with Crippen LogP contribution in [0.4, 0.5) is 0 Å². The zero-order chi connectivity index (χ0) is 26.9. The van der Waals surface area contributed by atoms with E-state index in [2.05, 4.69) is 0 Å². The maximum atomic E-state index is 14.1. The third kappa shape index (κ3) is 5.02. The van der Waals surface area contributed by atoms with Crippen molar-refractivity contribution in [1.82, 2.24) is 4.90 Å². The van der Waals surface area contributed by atoms with Crippen LogP contribution in [-0.2, 0) is 11.1 Å². The first-order chi connectivity index (χ1) is 18.2. The van der Waals surface area contributed by atoms with Gasteiger partial charge in [0.15, 0.2) is 5.78 Å². The lowest BCUT2D eigenvalue weighted by molar-refractivity contribution is 0.0778. The molecule has 0 spiro atoms. The maximum Gasteiger partial charge on any atom is 0.340 e. The fourth-order valence-electron chi connectivity index (χ4n) is 4.87. The van der Waals surface area contributed by atoms with E-state index in [1.54, 1.807) is 49.5 Å². The average molecular weight is 524 g/mol. The molecule has 0 aliphatic rings. The quantitative estimate of drug-likeness (QED) is 0.191. The molecule has 2 N–H and O–H groups in total. The van der Waals surface area contributed by atoms with Gasteiger partial charge in [-0.25, -0.2) is 0 Å². The van der Waals surface area contributed by atoms with E-state index in [-0.39, 0.29) is 16.7 Å². The molecule has 1 amide bonds. The van der Waals surface area contributed by atoms with Gasteiger partial charge in [0.1, 0.15) is 5.66 Å². The van der Waals surface area contributed by atoms with Crippen molar-refractivity contribution in [2.24, 2.45) is 0 Å². The smallest absolute Gasteiger partial charge is 0.337 e. The molecule has 7 heteroatoms. The highest BCUT2D eigenvalue weighted by molar-refractivity contribution is 7.53. The molecule has 0 aliphatic carbocycles. The molecular weight excluding hydrogens is 497 g/mol. The SMILES string of the molecule is CN(Cc1ccccc1)C(=O)c1cc2ccccc2cc1C(=O)C(c1cccc2ccccc12)P(=O)(O)O. The standard InChI is InChI=1S/C31H26NO5P/c1-32(20-21-10-3-2-4-11-21)31(34)28-19-24-14-6-5-13-23(24)18-27(28)29(33)30(38(35,36)37)26-17-9-15-22-12-7-8-16-25(22)26/h2-19,30H,20H2,1H3,(H2,35,36,37). The van der Waals surface area contributed by atoms with E-state index in [4.69, 9.17) is 0 Å². The molecule has 0 heterocycles. The van der Waals surface area contributed by atoms with E-state index in [0.717, 1.165) is 16.3 Å². The Hall–Kier alpha value is -4.09. The number of Topliss-reactive ketones (excluding diaryl/α,β-unsaturated/α-hetero) is 1. The summed E-state index contributed by atoms with van der Waals surface area (Å²) in [5.74, 6) is -1.21. The van der Waals surface area contributed by atoms with Gasteiger partial charge in [0, 0.05) is 19.2 Å². The van der Waals surface area contributed by atoms with E-state index in [1.807, 2.05) is 66.7 Å². The highest BCUT2D eigenvalue weighted by Gasteiger charge is 2.40. The topological polar surface area (TPSA) is 94.9 Å². The van der Waals surface area contributed by atoms with E-state index < -0.39 is 24.9 Å². The van der Waals surface area contributed by atoms with E-state index in [1.165, 1.54) is 4.90 Å². The summed E-state index contributed by atoms with van der Waals surface area (Å²) in [6, 6.07) is 32.1. The monoisotopic (exact) mass is 523 g/mol. The normalized spacial score (nSPS) is 12.4. The fourth-order valence-corrected chi connectivity index (χ4v) is 5.90. The molecule has 0 saturated carbocycles. The van der Waals surface area contributed by atoms with Crippen LogP contribution in [0.2, 0.25) is 0 Å². The van der Waals surface area contributed by atoms with E-state index in [9.17, 15) is 23.9 Å². The zero-order valence-electron chi connectivity index (χ0n) is 20.7. The summed E-state index contributed by atoms with van der Waals surface area (Å²) in [6.45, 7) is 0.311. The molecule has 190 valence electrons. The minimum Gasteiger partial charge on any atom is -0.337 e. The third-order valence-electron chi connectivity index (χ3n) is 6.69. The number of ketones is 1. The van der Waals surface area contributed by atoms with Gasteiger partial charge in [-0.1, -0.05) is 97.1 Å². The molecular formula is C31H26NO5P. The highest BCUT2D eigenvalue weighted by Crippen LogP contribution is 2.55. The van der Waals surface area contributed by atoms with Crippen molar-refractivity contribution < 1.29 is 23.9 Å². The molecule has 5 aromatic carbocycles. The zero-order valence-corrected chi connectivity index (χ0v) is 21.6. The summed E-state index contributed by atoms with van der Waals surface area (Å²) in [6.07, 6.45) is 0. The molecule has 6 nitrogen and oxygen atoms in total. The average Bonchev–Trinajstić information content (AvgIpc) is 2.92. The first-order valence-electron chi connectivity index (χ1n) is 12.1. The van der Waals surface area contributed by atoms with Crippen LogP contribution < -0.4 is 0 Å². The van der Waals surface area contributed by atoms with Crippen LogP contribution in [0.15, 0.2) is 109 Å². The van der Waals surface area contributed by atoms with Gasteiger partial charge in [0.25, 0.3) is 5.91 Å². The number of hydrogen-bond donors (Lipinski definition) is 2. The van der Waals surface area contributed by atoms with Gasteiger partial charge >= 0.3 is 7.60 Å². The van der Waals surface area contributed by atoms with Crippen molar-refractivity contribution in [3.63, 3.8) is 0 Å². The molecule has 5 rings (SSSR count). The Labute approximate surface area is 220 Å². The summed E-state index contributed by atoms with van der Waals surface area (Å²) in [5.41, 5.74) is -0.534. The van der Waals surface area contributed by atoms with Crippen LogP contribution in [0.25, 0.3) is 21.5 Å². The Balaban J connectivity index is 1.66. The lowest BCUT2D eigenvalue weighted by Gasteiger charge is -2.23. The molecule has 0 fully saturated rings. The summed E-state index contributed by atoms with van der Waals surface area (Å²) >= 11 is 0. The molecule has 0 radical (unpaired) electrons. The molecule has 0 saturated heterocycles. The first kappa shape index (κ1) is 25.6. The Bertz CT molecular complexity index is 1710. The van der Waals surface area contributed by atoms with Crippen molar-refractivity contribution >= 4 is 40.8 Å². The second-order valence-corrected chi connectivity index (χ2v) is 11.0. The Morgan fingerprint density at radius 1 is 0.737 bits per heavy atom. The number of fused-ring (bicyclic) bond motifs is 2. The maximum absolute atomic E-state index is 14.1. The van der Waals surface area contributed by atoms with Crippen LogP contribution >= 0.6 is 7.60 Å². The molecule has 5 aromatic rings. The molecule has 0 bridgehead atoms. The van der Waals surface area contributed by atoms with Crippen LogP contribution in [-0.4, -0.2) is 33.4 Å². The lowest BCUT2D eigenvalue weighted by Crippen LogP contribution is -2.28. The van der Waals surface area contributed by atoms with Crippen molar-refractivity contribution in [2.75, 3.05) is 7.05 Å². The van der Waals surface area contributed by atoms with Crippen molar-refractivity contribution in [3.05, 3.63) is 131 Å². The van der Waals surface area contributed by atoms with Crippen molar-refractivity contribution in [2.45, 2.75) is 12.2 Å². The van der Waals surface area contributed by atoms with Crippen molar-refractivity contribution in [3.8, 4) is 0 Å². The summed E-state index contributed by atoms with van der Waals surface area (Å²) < 4.78 is 12.9. The Morgan fingerprint density at radius 3 is 1.95 bits per heavy atom. The molecule has 1 atom stereocenters. The van der Waals surface area contributed by atoms with E-state index in [0.29, 0.717) is 17.3 Å². The summed E-state index contributed by atoms with van der Waals surface area (Å²) in [7, 11) is -3.34. The Morgan fingerprint density at radius 2 is 1.29 bits per heavy atom. The van der Waals surface area contributed by atoms with Gasteiger partial charge in [-0.3, -0.25) is 14.2 Å². The minimum absolute atomic E-state index is 0.0186. The van der Waals surface area contributed by atoms with Crippen LogP contribution in [0.1, 0.15) is 37.5 Å². The number of amides is 1. The molecule has 38 heavy (non-hydrogen) atoms. The molecule has 1 unspecified atom stereocenters. The summed E-state index contributed by atoms with van der Waals surface area (Å²) in [5, 5.41) is 2.78. The van der Waals surface area contributed by atoms with Crippen molar-refractivity contribution in [1.29, 1.82) is 0 Å². The second-order valence-electron chi connectivity index (χ2n) is 9.32. The van der Waals surface area contributed by atoms with Crippen LogP contribution in [0.5, 0.6) is 0 Å². The van der Waals surface area contributed by atoms with Gasteiger partial charge in [-0.2, -0.15) is 0 Å². The highest BCUT2D eigenvalue weighted by atomic mass is 31.2. The summed E-state index contributed by atoms with van der Waals surface area (Å²) in [4.78, 5) is 50.3. The van der Waals surface area contributed by atoms with Crippen LogP contribution in [0, 0.1) is 0 Å². The Kier molecular flexibility index (Phi) is 6.96. The number of benzene rings is 5. The van der Waals surface area contributed by atoms with Gasteiger partial charge in [0.2, 0.25) is 0 Å². The number of hydrogen-bond acceptors (Lipinski definition) is 3. The lowest BCUT2D eigenvalue weighted by atomic mass is 9.92. The second kappa shape index (κ2) is 10.3. The number of carbonyl (C=O) groups excluding carboxylic acids is 2. The van der Waals surface area contributed by atoms with Gasteiger partial charge in [0.05, 0.1) is 5.56 Å². The number of carbonyl (C=O) groups is 2. The predicted octanol–water partition coefficient (Wildman–Crippen LogP) is 6.37. The third-order valence-corrected chi connectivity index (χ3v) is 7.88. The molecule has 0 aromatic heterocycles. The van der Waals surface area contributed by atoms with Gasteiger partial charge in [-0.05, 0) is 44.8 Å². The van der Waals surface area contributed by atoms with E-state index >= 15 is 0 Å². The minimum atomic E-state index is -4.99. The molecule has 0 aliphatic heterocycles. The fraction of sp³-hybridized carbons (Fsp3) is 0.0968. The van der Waals surface area contributed by atoms with Gasteiger partial charge < -0.3 is 14.7 Å².